The standard InChI is InChI=1S/C23H24O2/c1-19(24-2)18-25-23(20-12-6-3-7-13-20,21-14-8-4-9-15-21)22-16-10-5-11-17-22/h3-17,19H,18H2,1-2H3/t19-/m1/s1. The lowest BCUT2D eigenvalue weighted by Gasteiger charge is -2.36. The Hall–Kier alpha value is -2.42. The molecule has 0 bridgehead atoms. The average Bonchev–Trinajstić information content (AvgIpc) is 2.71. The first kappa shape index (κ1) is 17.4. The molecule has 0 radical (unpaired) electrons. The van der Waals surface area contributed by atoms with Gasteiger partial charge in [-0.25, -0.2) is 0 Å². The number of benzene rings is 3. The molecule has 2 nitrogen and oxygen atoms in total. The lowest BCUT2D eigenvalue weighted by atomic mass is 9.80. The van der Waals surface area contributed by atoms with Crippen LogP contribution in [0.2, 0.25) is 0 Å². The van der Waals surface area contributed by atoms with Crippen molar-refractivity contribution in [2.45, 2.75) is 18.6 Å². The molecule has 128 valence electrons. The molecule has 2 heteroatoms. The van der Waals surface area contributed by atoms with Crippen molar-refractivity contribution in [1.29, 1.82) is 0 Å². The fraction of sp³-hybridized carbons (Fsp3) is 0.217. The zero-order valence-corrected chi connectivity index (χ0v) is 14.8. The van der Waals surface area contributed by atoms with E-state index in [0.29, 0.717) is 6.61 Å². The van der Waals surface area contributed by atoms with E-state index in [9.17, 15) is 0 Å². The Morgan fingerprint density at radius 1 is 0.680 bits per heavy atom. The summed E-state index contributed by atoms with van der Waals surface area (Å²) in [5.74, 6) is 0. The maximum absolute atomic E-state index is 6.62. The van der Waals surface area contributed by atoms with E-state index in [0.717, 1.165) is 16.7 Å². The van der Waals surface area contributed by atoms with Gasteiger partial charge in [0, 0.05) is 7.11 Å². The summed E-state index contributed by atoms with van der Waals surface area (Å²) in [6.45, 7) is 2.51. The topological polar surface area (TPSA) is 18.5 Å². The molecule has 0 N–H and O–H groups in total. The van der Waals surface area contributed by atoms with Gasteiger partial charge in [-0.2, -0.15) is 0 Å². The minimum atomic E-state index is -0.670. The van der Waals surface area contributed by atoms with Gasteiger partial charge in [0.05, 0.1) is 12.7 Å². The van der Waals surface area contributed by atoms with Crippen molar-refractivity contribution in [2.24, 2.45) is 0 Å². The summed E-state index contributed by atoms with van der Waals surface area (Å²) in [5, 5.41) is 0. The van der Waals surface area contributed by atoms with Gasteiger partial charge in [-0.1, -0.05) is 91.0 Å². The van der Waals surface area contributed by atoms with Gasteiger partial charge in [0.15, 0.2) is 0 Å². The molecular weight excluding hydrogens is 308 g/mol. The van der Waals surface area contributed by atoms with Crippen LogP contribution < -0.4 is 0 Å². The summed E-state index contributed by atoms with van der Waals surface area (Å²) in [4.78, 5) is 0. The third-order valence-electron chi connectivity index (χ3n) is 4.48. The van der Waals surface area contributed by atoms with E-state index in [2.05, 4.69) is 72.8 Å². The maximum atomic E-state index is 6.62. The van der Waals surface area contributed by atoms with Gasteiger partial charge < -0.3 is 9.47 Å². The monoisotopic (exact) mass is 332 g/mol. The van der Waals surface area contributed by atoms with E-state index < -0.39 is 5.60 Å². The molecule has 0 amide bonds. The predicted octanol–water partition coefficient (Wildman–Crippen LogP) is 5.03. The molecule has 0 fully saturated rings. The molecule has 0 saturated heterocycles. The van der Waals surface area contributed by atoms with Gasteiger partial charge in [-0.3, -0.25) is 0 Å². The van der Waals surface area contributed by atoms with Crippen molar-refractivity contribution >= 4 is 0 Å². The van der Waals surface area contributed by atoms with Crippen LogP contribution in [0.3, 0.4) is 0 Å². The molecule has 0 aliphatic rings. The van der Waals surface area contributed by atoms with Crippen LogP contribution in [0.4, 0.5) is 0 Å². The molecule has 3 aromatic rings. The Morgan fingerprint density at radius 2 is 1.04 bits per heavy atom. The minimum Gasteiger partial charge on any atom is -0.379 e. The van der Waals surface area contributed by atoms with Gasteiger partial charge >= 0.3 is 0 Å². The van der Waals surface area contributed by atoms with Crippen LogP contribution in [-0.2, 0) is 15.1 Å². The first-order chi connectivity index (χ1) is 12.3. The van der Waals surface area contributed by atoms with E-state index >= 15 is 0 Å². The lowest BCUT2D eigenvalue weighted by molar-refractivity contribution is -0.0453. The summed E-state index contributed by atoms with van der Waals surface area (Å²) in [6, 6.07) is 31.2. The Balaban J connectivity index is 2.20. The van der Waals surface area contributed by atoms with Crippen molar-refractivity contribution in [3.8, 4) is 0 Å². The van der Waals surface area contributed by atoms with Gasteiger partial charge in [0.25, 0.3) is 0 Å². The predicted molar refractivity (Wildman–Crippen MR) is 102 cm³/mol. The van der Waals surface area contributed by atoms with Crippen LogP contribution in [0.1, 0.15) is 23.6 Å². The van der Waals surface area contributed by atoms with Gasteiger partial charge in [0.2, 0.25) is 0 Å². The fourth-order valence-corrected chi connectivity index (χ4v) is 3.08. The third-order valence-corrected chi connectivity index (χ3v) is 4.48. The first-order valence-electron chi connectivity index (χ1n) is 8.60. The van der Waals surface area contributed by atoms with Crippen molar-refractivity contribution < 1.29 is 9.47 Å². The van der Waals surface area contributed by atoms with Crippen molar-refractivity contribution in [3.63, 3.8) is 0 Å². The highest BCUT2D eigenvalue weighted by Crippen LogP contribution is 2.40. The Morgan fingerprint density at radius 3 is 1.36 bits per heavy atom. The van der Waals surface area contributed by atoms with Crippen LogP contribution in [0.15, 0.2) is 91.0 Å². The zero-order chi connectivity index (χ0) is 17.5. The van der Waals surface area contributed by atoms with E-state index in [4.69, 9.17) is 9.47 Å². The Kier molecular flexibility index (Phi) is 5.64. The number of methoxy groups -OCH3 is 1. The van der Waals surface area contributed by atoms with Crippen LogP contribution in [-0.4, -0.2) is 19.8 Å². The summed E-state index contributed by atoms with van der Waals surface area (Å²) >= 11 is 0. The normalized spacial score (nSPS) is 12.7. The first-order valence-corrected chi connectivity index (χ1v) is 8.60. The molecule has 0 unspecified atom stereocenters. The SMILES string of the molecule is CO[C@H](C)COC(c1ccccc1)(c1ccccc1)c1ccccc1. The molecule has 3 rings (SSSR count). The van der Waals surface area contributed by atoms with E-state index in [1.807, 2.05) is 25.1 Å². The highest BCUT2D eigenvalue weighted by atomic mass is 16.5. The molecule has 3 aromatic carbocycles. The molecule has 0 aromatic heterocycles. The quantitative estimate of drug-likeness (QED) is 0.565. The average molecular weight is 332 g/mol. The van der Waals surface area contributed by atoms with Crippen LogP contribution in [0, 0.1) is 0 Å². The highest BCUT2D eigenvalue weighted by molar-refractivity contribution is 5.47. The van der Waals surface area contributed by atoms with E-state index in [1.165, 1.54) is 0 Å². The molecule has 25 heavy (non-hydrogen) atoms. The molecule has 0 saturated carbocycles. The second kappa shape index (κ2) is 8.11. The van der Waals surface area contributed by atoms with Crippen LogP contribution in [0.25, 0.3) is 0 Å². The third kappa shape index (κ3) is 3.65. The number of hydrogen-bond donors (Lipinski definition) is 0. The summed E-state index contributed by atoms with van der Waals surface area (Å²) in [5.41, 5.74) is 2.65. The second-order valence-corrected chi connectivity index (χ2v) is 6.14. The van der Waals surface area contributed by atoms with Gasteiger partial charge in [-0.05, 0) is 23.6 Å². The summed E-state index contributed by atoms with van der Waals surface area (Å²) < 4.78 is 12.0. The van der Waals surface area contributed by atoms with Crippen LogP contribution in [0.5, 0.6) is 0 Å². The number of hydrogen-bond acceptors (Lipinski definition) is 2. The smallest absolute Gasteiger partial charge is 0.143 e. The van der Waals surface area contributed by atoms with E-state index in [1.54, 1.807) is 7.11 Å². The lowest BCUT2D eigenvalue weighted by Crippen LogP contribution is -2.35. The Bertz CT molecular complexity index is 657. The van der Waals surface area contributed by atoms with Gasteiger partial charge in [0.1, 0.15) is 5.60 Å². The molecule has 0 aliphatic carbocycles. The van der Waals surface area contributed by atoms with Crippen LogP contribution >= 0.6 is 0 Å². The largest absolute Gasteiger partial charge is 0.379 e. The number of rotatable bonds is 7. The molecule has 0 aliphatic heterocycles. The van der Waals surface area contributed by atoms with Crippen molar-refractivity contribution in [3.05, 3.63) is 108 Å². The van der Waals surface area contributed by atoms with Crippen molar-refractivity contribution in [2.75, 3.05) is 13.7 Å². The molecule has 0 heterocycles. The van der Waals surface area contributed by atoms with Crippen molar-refractivity contribution in [1.82, 2.24) is 0 Å². The molecule has 1 atom stereocenters. The number of ether oxygens (including phenoxy) is 2. The highest BCUT2D eigenvalue weighted by Gasteiger charge is 2.37. The van der Waals surface area contributed by atoms with Gasteiger partial charge in [-0.15, -0.1) is 0 Å². The molecule has 0 spiro atoms. The maximum Gasteiger partial charge on any atom is 0.143 e. The molecular formula is C23H24O2. The minimum absolute atomic E-state index is 0.00973. The van der Waals surface area contributed by atoms with E-state index in [-0.39, 0.29) is 6.10 Å². The summed E-state index contributed by atoms with van der Waals surface area (Å²) in [7, 11) is 1.71. The second-order valence-electron chi connectivity index (χ2n) is 6.14. The fourth-order valence-electron chi connectivity index (χ4n) is 3.08. The Labute approximate surface area is 150 Å². The summed E-state index contributed by atoms with van der Waals surface area (Å²) in [6.07, 6.45) is 0.00973. The zero-order valence-electron chi connectivity index (χ0n) is 14.8.